The molecule has 0 fully saturated rings. The molecule has 0 amide bonds. The quantitative estimate of drug-likeness (QED) is 0.543. The van der Waals surface area contributed by atoms with Gasteiger partial charge in [-0.15, -0.1) is 0 Å². The third-order valence-corrected chi connectivity index (χ3v) is 3.84. The van der Waals surface area contributed by atoms with Gasteiger partial charge in [0.2, 0.25) is 0 Å². The van der Waals surface area contributed by atoms with Crippen LogP contribution in [0, 0.1) is 11.8 Å². The zero-order chi connectivity index (χ0) is 15.9. The Morgan fingerprint density at radius 3 is 1.70 bits per heavy atom. The molecule has 23 heavy (non-hydrogen) atoms. The summed E-state index contributed by atoms with van der Waals surface area (Å²) in [5, 5.41) is 0. The first-order valence-corrected chi connectivity index (χ1v) is 8.11. The highest BCUT2D eigenvalue weighted by atomic mass is 14.0. The molecule has 0 atom stereocenters. The third-order valence-electron chi connectivity index (χ3n) is 3.84. The minimum atomic E-state index is 1.04. The van der Waals surface area contributed by atoms with Gasteiger partial charge in [0, 0.05) is 11.1 Å². The van der Waals surface area contributed by atoms with E-state index in [1.807, 2.05) is 30.3 Å². The fraction of sp³-hybridized carbons (Fsp3) is 0.130. The van der Waals surface area contributed by atoms with E-state index in [1.54, 1.807) is 0 Å². The molecule has 0 unspecified atom stereocenters. The molecule has 0 bridgehead atoms. The lowest BCUT2D eigenvalue weighted by Gasteiger charge is -2.04. The van der Waals surface area contributed by atoms with Crippen LogP contribution in [-0.2, 0) is 6.42 Å². The van der Waals surface area contributed by atoms with Crippen LogP contribution in [0.2, 0.25) is 0 Å². The largest absolute Gasteiger partial charge is 0.0651 e. The van der Waals surface area contributed by atoms with Gasteiger partial charge in [-0.1, -0.05) is 79.8 Å². The molecule has 0 aliphatic rings. The SMILES string of the molecule is CCCc1ccc(-c2ccc(C#Cc3ccccc3)cc2)cc1. The van der Waals surface area contributed by atoms with Crippen LogP contribution < -0.4 is 0 Å². The van der Waals surface area contributed by atoms with Crippen LogP contribution >= 0.6 is 0 Å². The van der Waals surface area contributed by atoms with Crippen molar-refractivity contribution in [2.75, 3.05) is 0 Å². The molecule has 0 spiro atoms. The van der Waals surface area contributed by atoms with Gasteiger partial charge in [0.15, 0.2) is 0 Å². The highest BCUT2D eigenvalue weighted by Gasteiger charge is 1.98. The van der Waals surface area contributed by atoms with Crippen LogP contribution in [0.3, 0.4) is 0 Å². The zero-order valence-electron chi connectivity index (χ0n) is 13.4. The van der Waals surface area contributed by atoms with E-state index in [0.717, 1.165) is 17.5 Å². The fourth-order valence-corrected chi connectivity index (χ4v) is 2.56. The Balaban J connectivity index is 1.76. The van der Waals surface area contributed by atoms with Crippen LogP contribution in [0.4, 0.5) is 0 Å². The summed E-state index contributed by atoms with van der Waals surface area (Å²) in [5.74, 6) is 6.41. The van der Waals surface area contributed by atoms with Crippen molar-refractivity contribution < 1.29 is 0 Å². The Morgan fingerprint density at radius 2 is 1.13 bits per heavy atom. The molecule has 3 aromatic rings. The summed E-state index contributed by atoms with van der Waals surface area (Å²) in [7, 11) is 0. The number of hydrogen-bond donors (Lipinski definition) is 0. The Bertz CT molecular complexity index is 798. The van der Waals surface area contributed by atoms with Crippen LogP contribution in [0.5, 0.6) is 0 Å². The van der Waals surface area contributed by atoms with Crippen molar-refractivity contribution in [3.63, 3.8) is 0 Å². The Kier molecular flexibility index (Phi) is 4.92. The van der Waals surface area contributed by atoms with Crippen LogP contribution in [-0.4, -0.2) is 0 Å². The first kappa shape index (κ1) is 15.1. The maximum atomic E-state index is 3.22. The molecule has 3 rings (SSSR count). The maximum Gasteiger partial charge on any atom is 0.0249 e. The van der Waals surface area contributed by atoms with Gasteiger partial charge in [-0.25, -0.2) is 0 Å². The van der Waals surface area contributed by atoms with Crippen LogP contribution in [0.1, 0.15) is 30.0 Å². The molecular formula is C23H20. The third kappa shape index (κ3) is 4.11. The summed E-state index contributed by atoms with van der Waals surface area (Å²) >= 11 is 0. The normalized spacial score (nSPS) is 9.96. The predicted octanol–water partition coefficient (Wildman–Crippen LogP) is 5.71. The lowest BCUT2D eigenvalue weighted by Crippen LogP contribution is -1.84. The average Bonchev–Trinajstić information content (AvgIpc) is 2.62. The van der Waals surface area contributed by atoms with Gasteiger partial charge >= 0.3 is 0 Å². The number of aryl methyl sites for hydroxylation is 1. The van der Waals surface area contributed by atoms with Crippen molar-refractivity contribution in [1.29, 1.82) is 0 Å². The summed E-state index contributed by atoms with van der Waals surface area (Å²) < 4.78 is 0. The van der Waals surface area contributed by atoms with Gasteiger partial charge in [-0.3, -0.25) is 0 Å². The number of rotatable bonds is 3. The Hall–Kier alpha value is -2.78. The first-order chi connectivity index (χ1) is 11.3. The molecule has 0 heterocycles. The van der Waals surface area contributed by atoms with Crippen molar-refractivity contribution in [3.05, 3.63) is 95.6 Å². The van der Waals surface area contributed by atoms with E-state index in [9.17, 15) is 0 Å². The molecule has 0 heteroatoms. The summed E-state index contributed by atoms with van der Waals surface area (Å²) in [6.45, 7) is 2.21. The minimum absolute atomic E-state index is 1.04. The van der Waals surface area contributed by atoms with E-state index in [2.05, 4.69) is 67.3 Å². The molecule has 0 aliphatic heterocycles. The number of benzene rings is 3. The van der Waals surface area contributed by atoms with Crippen LogP contribution in [0.15, 0.2) is 78.9 Å². The van der Waals surface area contributed by atoms with Crippen molar-refractivity contribution in [2.45, 2.75) is 19.8 Å². The topological polar surface area (TPSA) is 0 Å². The first-order valence-electron chi connectivity index (χ1n) is 8.11. The van der Waals surface area contributed by atoms with Crippen molar-refractivity contribution in [1.82, 2.24) is 0 Å². The second kappa shape index (κ2) is 7.47. The summed E-state index contributed by atoms with van der Waals surface area (Å²) in [6.07, 6.45) is 2.34. The summed E-state index contributed by atoms with van der Waals surface area (Å²) in [6, 6.07) is 27.4. The fourth-order valence-electron chi connectivity index (χ4n) is 2.56. The zero-order valence-corrected chi connectivity index (χ0v) is 13.4. The summed E-state index contributed by atoms with van der Waals surface area (Å²) in [4.78, 5) is 0. The lowest BCUT2D eigenvalue weighted by atomic mass is 10.0. The van der Waals surface area contributed by atoms with Gasteiger partial charge in [0.25, 0.3) is 0 Å². The second-order valence-electron chi connectivity index (χ2n) is 5.64. The monoisotopic (exact) mass is 296 g/mol. The van der Waals surface area contributed by atoms with E-state index in [4.69, 9.17) is 0 Å². The standard InChI is InChI=1S/C23H20/c1-2-6-19-11-15-22(16-12-19)23-17-13-21(14-18-23)10-9-20-7-4-3-5-8-20/h3-5,7-8,11-18H,2,6H2,1H3. The highest BCUT2D eigenvalue weighted by molar-refractivity contribution is 5.64. The molecule has 0 aromatic heterocycles. The van der Waals surface area contributed by atoms with E-state index < -0.39 is 0 Å². The Labute approximate surface area is 138 Å². The predicted molar refractivity (Wildman–Crippen MR) is 98.3 cm³/mol. The molecule has 0 radical (unpaired) electrons. The van der Waals surface area contributed by atoms with Crippen molar-refractivity contribution in [3.8, 4) is 23.0 Å². The van der Waals surface area contributed by atoms with E-state index in [-0.39, 0.29) is 0 Å². The lowest BCUT2D eigenvalue weighted by molar-refractivity contribution is 0.922. The van der Waals surface area contributed by atoms with Gasteiger partial charge in [-0.05, 0) is 47.4 Å². The minimum Gasteiger partial charge on any atom is -0.0651 e. The Morgan fingerprint density at radius 1 is 0.609 bits per heavy atom. The molecule has 112 valence electrons. The molecule has 0 nitrogen and oxygen atoms in total. The van der Waals surface area contributed by atoms with E-state index in [0.29, 0.717) is 0 Å². The van der Waals surface area contributed by atoms with E-state index >= 15 is 0 Å². The highest BCUT2D eigenvalue weighted by Crippen LogP contribution is 2.20. The number of hydrogen-bond acceptors (Lipinski definition) is 0. The van der Waals surface area contributed by atoms with Gasteiger partial charge < -0.3 is 0 Å². The van der Waals surface area contributed by atoms with Crippen LogP contribution in [0.25, 0.3) is 11.1 Å². The molecule has 0 aliphatic carbocycles. The molecule has 0 saturated carbocycles. The van der Waals surface area contributed by atoms with Gasteiger partial charge in [0.05, 0.1) is 0 Å². The van der Waals surface area contributed by atoms with Gasteiger partial charge in [0.1, 0.15) is 0 Å². The van der Waals surface area contributed by atoms with Crippen molar-refractivity contribution >= 4 is 0 Å². The average molecular weight is 296 g/mol. The molecule has 0 saturated heterocycles. The summed E-state index contributed by atoms with van der Waals surface area (Å²) in [5.41, 5.74) is 5.98. The van der Waals surface area contributed by atoms with Crippen molar-refractivity contribution in [2.24, 2.45) is 0 Å². The molecular weight excluding hydrogens is 276 g/mol. The van der Waals surface area contributed by atoms with Gasteiger partial charge in [-0.2, -0.15) is 0 Å². The molecule has 3 aromatic carbocycles. The second-order valence-corrected chi connectivity index (χ2v) is 5.64. The molecule has 0 N–H and O–H groups in total. The van der Waals surface area contributed by atoms with E-state index in [1.165, 1.54) is 23.1 Å². The maximum absolute atomic E-state index is 3.22. The smallest absolute Gasteiger partial charge is 0.0249 e.